The summed E-state index contributed by atoms with van der Waals surface area (Å²) in [4.78, 5) is 36.7. The van der Waals surface area contributed by atoms with Crippen LogP contribution in [-0.2, 0) is 30.0 Å². The molecule has 9 nitrogen and oxygen atoms in total. The highest BCUT2D eigenvalue weighted by Gasteiger charge is 2.31. The van der Waals surface area contributed by atoms with E-state index in [4.69, 9.17) is 9.47 Å². The van der Waals surface area contributed by atoms with E-state index in [2.05, 4.69) is 5.32 Å². The molecular formula is C23H26N2O7S. The van der Waals surface area contributed by atoms with Gasteiger partial charge in [0.1, 0.15) is 0 Å². The van der Waals surface area contributed by atoms with Gasteiger partial charge in [0.25, 0.3) is 0 Å². The lowest BCUT2D eigenvalue weighted by molar-refractivity contribution is -0.120. The highest BCUT2D eigenvalue weighted by molar-refractivity contribution is 7.88. The number of carbonyl (C=O) groups excluding carboxylic acids is 3. The van der Waals surface area contributed by atoms with Gasteiger partial charge in [-0.3, -0.25) is 4.79 Å². The fourth-order valence-corrected chi connectivity index (χ4v) is 5.25. The normalized spacial score (nSPS) is 15.0. The average Bonchev–Trinajstić information content (AvgIpc) is 2.83. The smallest absolute Gasteiger partial charge is 0.337 e. The van der Waals surface area contributed by atoms with Gasteiger partial charge in [-0.15, -0.1) is 0 Å². The van der Waals surface area contributed by atoms with Crippen molar-refractivity contribution in [3.05, 3.63) is 65.2 Å². The number of esters is 2. The zero-order chi connectivity index (χ0) is 24.0. The molecule has 3 rings (SSSR count). The Balaban J connectivity index is 1.65. The van der Waals surface area contributed by atoms with Crippen molar-refractivity contribution in [2.75, 3.05) is 32.6 Å². The second-order valence-corrected chi connectivity index (χ2v) is 9.66. The molecular weight excluding hydrogens is 448 g/mol. The number of rotatable bonds is 7. The molecule has 1 aliphatic heterocycles. The van der Waals surface area contributed by atoms with Crippen LogP contribution in [-0.4, -0.2) is 57.9 Å². The van der Waals surface area contributed by atoms with Crippen molar-refractivity contribution in [1.82, 2.24) is 4.31 Å². The Morgan fingerprint density at radius 3 is 2.00 bits per heavy atom. The van der Waals surface area contributed by atoms with E-state index in [1.54, 1.807) is 24.3 Å². The summed E-state index contributed by atoms with van der Waals surface area (Å²) in [5.74, 6) is -2.12. The van der Waals surface area contributed by atoms with E-state index in [0.717, 1.165) is 0 Å². The number of nitrogens with zero attached hydrogens (tertiary/aromatic N) is 1. The number of nitrogens with one attached hydrogen (secondary N) is 1. The van der Waals surface area contributed by atoms with Crippen LogP contribution >= 0.6 is 0 Å². The zero-order valence-corrected chi connectivity index (χ0v) is 19.3. The Labute approximate surface area is 192 Å². The zero-order valence-electron chi connectivity index (χ0n) is 18.4. The fraction of sp³-hybridized carbons (Fsp3) is 0.348. The minimum Gasteiger partial charge on any atom is -0.465 e. The molecule has 0 atom stereocenters. The minimum atomic E-state index is -3.48. The molecule has 33 heavy (non-hydrogen) atoms. The molecule has 0 saturated carbocycles. The van der Waals surface area contributed by atoms with Crippen molar-refractivity contribution >= 4 is 33.6 Å². The van der Waals surface area contributed by atoms with Crippen LogP contribution < -0.4 is 5.32 Å². The molecule has 0 spiro atoms. The molecule has 1 aliphatic rings. The number of benzene rings is 2. The van der Waals surface area contributed by atoms with E-state index in [-0.39, 0.29) is 41.6 Å². The summed E-state index contributed by atoms with van der Waals surface area (Å²) in [6.07, 6.45) is 0.723. The van der Waals surface area contributed by atoms with Crippen molar-refractivity contribution < 1.29 is 32.3 Å². The van der Waals surface area contributed by atoms with Gasteiger partial charge in [0.2, 0.25) is 15.9 Å². The lowest BCUT2D eigenvalue weighted by Crippen LogP contribution is -2.41. The van der Waals surface area contributed by atoms with Crippen LogP contribution in [0.1, 0.15) is 39.1 Å². The second-order valence-electron chi connectivity index (χ2n) is 7.69. The van der Waals surface area contributed by atoms with Crippen LogP contribution in [0.4, 0.5) is 5.69 Å². The van der Waals surface area contributed by atoms with E-state index in [9.17, 15) is 22.8 Å². The third kappa shape index (κ3) is 6.17. The monoisotopic (exact) mass is 474 g/mol. The maximum absolute atomic E-state index is 12.8. The standard InChI is InChI=1S/C23H26N2O7S/c1-31-22(27)18-12-19(23(28)32-2)14-20(13-18)24-21(26)17-8-10-25(11-9-17)33(29,30)15-16-6-4-3-5-7-16/h3-7,12-14,17H,8-11,15H2,1-2H3,(H,24,26). The third-order valence-electron chi connectivity index (χ3n) is 5.45. The highest BCUT2D eigenvalue weighted by atomic mass is 32.2. The predicted molar refractivity (Wildman–Crippen MR) is 121 cm³/mol. The van der Waals surface area contributed by atoms with Gasteiger partial charge in [-0.25, -0.2) is 22.3 Å². The molecule has 1 fully saturated rings. The first-order chi connectivity index (χ1) is 15.7. The van der Waals surface area contributed by atoms with Crippen molar-refractivity contribution in [3.8, 4) is 0 Å². The van der Waals surface area contributed by atoms with E-state index in [1.165, 1.54) is 36.7 Å². The minimum absolute atomic E-state index is 0.0820. The molecule has 2 aromatic carbocycles. The number of hydrogen-bond donors (Lipinski definition) is 1. The van der Waals surface area contributed by atoms with Crippen LogP contribution in [0, 0.1) is 5.92 Å². The Morgan fingerprint density at radius 2 is 1.48 bits per heavy atom. The third-order valence-corrected chi connectivity index (χ3v) is 7.30. The number of sulfonamides is 1. The highest BCUT2D eigenvalue weighted by Crippen LogP contribution is 2.24. The summed E-state index contributed by atoms with van der Waals surface area (Å²) in [5, 5.41) is 2.72. The van der Waals surface area contributed by atoms with Crippen molar-refractivity contribution in [2.24, 2.45) is 5.92 Å². The van der Waals surface area contributed by atoms with Gasteiger partial charge in [-0.1, -0.05) is 30.3 Å². The van der Waals surface area contributed by atoms with E-state index >= 15 is 0 Å². The summed E-state index contributed by atoms with van der Waals surface area (Å²) in [7, 11) is -1.06. The van der Waals surface area contributed by atoms with Crippen LogP contribution in [0.25, 0.3) is 0 Å². The van der Waals surface area contributed by atoms with E-state index in [0.29, 0.717) is 18.4 Å². The number of hydrogen-bond acceptors (Lipinski definition) is 7. The molecule has 0 radical (unpaired) electrons. The Bertz CT molecular complexity index is 1090. The SMILES string of the molecule is COC(=O)c1cc(NC(=O)C2CCN(S(=O)(=O)Cc3ccccc3)CC2)cc(C(=O)OC)c1. The number of anilines is 1. The molecule has 0 aliphatic carbocycles. The first-order valence-corrected chi connectivity index (χ1v) is 12.0. The maximum atomic E-state index is 12.8. The quantitative estimate of drug-likeness (QED) is 0.612. The molecule has 0 unspecified atom stereocenters. The molecule has 1 heterocycles. The van der Waals surface area contributed by atoms with Crippen LogP contribution in [0.2, 0.25) is 0 Å². The Morgan fingerprint density at radius 1 is 0.939 bits per heavy atom. The molecule has 0 aromatic heterocycles. The number of methoxy groups -OCH3 is 2. The van der Waals surface area contributed by atoms with Gasteiger partial charge in [-0.05, 0) is 36.6 Å². The van der Waals surface area contributed by atoms with Crippen molar-refractivity contribution in [1.29, 1.82) is 0 Å². The summed E-state index contributed by atoms with van der Waals surface area (Å²) in [6.45, 7) is 0.478. The molecule has 0 bridgehead atoms. The summed E-state index contributed by atoms with van der Waals surface area (Å²) >= 11 is 0. The molecule has 1 amide bonds. The molecule has 10 heteroatoms. The summed E-state index contributed by atoms with van der Waals surface area (Å²) in [5.41, 5.74) is 1.15. The van der Waals surface area contributed by atoms with Gasteiger partial charge in [0.05, 0.1) is 31.1 Å². The number of amides is 1. The summed E-state index contributed by atoms with van der Waals surface area (Å²) in [6, 6.07) is 13.1. The van der Waals surface area contributed by atoms with Crippen molar-refractivity contribution in [2.45, 2.75) is 18.6 Å². The van der Waals surface area contributed by atoms with Gasteiger partial charge >= 0.3 is 11.9 Å². The lowest BCUT2D eigenvalue weighted by atomic mass is 9.97. The number of carbonyl (C=O) groups is 3. The number of ether oxygens (including phenoxy) is 2. The first-order valence-electron chi connectivity index (χ1n) is 10.4. The average molecular weight is 475 g/mol. The first kappa shape index (κ1) is 24.4. The topological polar surface area (TPSA) is 119 Å². The molecule has 1 N–H and O–H groups in total. The maximum Gasteiger partial charge on any atom is 0.337 e. The van der Waals surface area contributed by atoms with E-state index in [1.807, 2.05) is 6.07 Å². The Hall–Kier alpha value is -3.24. The van der Waals surface area contributed by atoms with Crippen LogP contribution in [0.5, 0.6) is 0 Å². The van der Waals surface area contributed by atoms with Crippen LogP contribution in [0.15, 0.2) is 48.5 Å². The molecule has 1 saturated heterocycles. The van der Waals surface area contributed by atoms with Crippen molar-refractivity contribution in [3.63, 3.8) is 0 Å². The summed E-state index contributed by atoms with van der Waals surface area (Å²) < 4.78 is 36.3. The lowest BCUT2D eigenvalue weighted by Gasteiger charge is -2.30. The Kier molecular flexibility index (Phi) is 7.83. The molecule has 2 aromatic rings. The van der Waals surface area contributed by atoms with Gasteiger partial charge < -0.3 is 14.8 Å². The van der Waals surface area contributed by atoms with Gasteiger partial charge in [0.15, 0.2) is 0 Å². The van der Waals surface area contributed by atoms with E-state index < -0.39 is 27.9 Å². The molecule has 176 valence electrons. The fourth-order valence-electron chi connectivity index (χ4n) is 3.69. The number of piperidine rings is 1. The second kappa shape index (κ2) is 10.6. The van der Waals surface area contributed by atoms with Gasteiger partial charge in [0, 0.05) is 24.7 Å². The van der Waals surface area contributed by atoms with Gasteiger partial charge in [-0.2, -0.15) is 0 Å². The van der Waals surface area contributed by atoms with Crippen LogP contribution in [0.3, 0.4) is 0 Å². The largest absolute Gasteiger partial charge is 0.465 e. The predicted octanol–water partition coefficient (Wildman–Crippen LogP) is 2.44.